The Bertz CT molecular complexity index is 324. The molecule has 1 heterocycles. The van der Waals surface area contributed by atoms with Gasteiger partial charge in [-0.25, -0.2) is 8.42 Å². The molecule has 0 radical (unpaired) electrons. The fourth-order valence-electron chi connectivity index (χ4n) is 1.58. The van der Waals surface area contributed by atoms with Gasteiger partial charge in [-0.2, -0.15) is 0 Å². The highest BCUT2D eigenvalue weighted by molar-refractivity contribution is 7.91. The molecular weight excluding hydrogens is 214 g/mol. The number of hydrogen-bond acceptors (Lipinski definition) is 3. The molecule has 1 unspecified atom stereocenters. The van der Waals surface area contributed by atoms with Crippen molar-refractivity contribution in [2.24, 2.45) is 4.99 Å². The number of guanidine groups is 1. The fourth-order valence-corrected chi connectivity index (χ4v) is 3.25. The van der Waals surface area contributed by atoms with Gasteiger partial charge in [0.1, 0.15) is 0 Å². The van der Waals surface area contributed by atoms with Crippen molar-refractivity contribution in [3.63, 3.8) is 0 Å². The monoisotopic (exact) mass is 233 g/mol. The van der Waals surface area contributed by atoms with Crippen molar-refractivity contribution in [1.82, 2.24) is 10.6 Å². The third-order valence-corrected chi connectivity index (χ3v) is 4.00. The van der Waals surface area contributed by atoms with Gasteiger partial charge in [-0.3, -0.25) is 4.99 Å². The molecule has 1 aliphatic heterocycles. The van der Waals surface area contributed by atoms with Gasteiger partial charge in [-0.05, 0) is 20.3 Å². The second-order valence-electron chi connectivity index (χ2n) is 3.60. The van der Waals surface area contributed by atoms with E-state index >= 15 is 0 Å². The van der Waals surface area contributed by atoms with Crippen LogP contribution in [0.3, 0.4) is 0 Å². The molecule has 1 atom stereocenters. The zero-order valence-electron chi connectivity index (χ0n) is 9.28. The van der Waals surface area contributed by atoms with E-state index in [9.17, 15) is 8.42 Å². The first-order valence-corrected chi connectivity index (χ1v) is 7.14. The van der Waals surface area contributed by atoms with Gasteiger partial charge < -0.3 is 10.6 Å². The van der Waals surface area contributed by atoms with E-state index in [4.69, 9.17) is 0 Å². The van der Waals surface area contributed by atoms with Gasteiger partial charge in [-0.1, -0.05) is 0 Å². The van der Waals surface area contributed by atoms with Gasteiger partial charge in [0.25, 0.3) is 0 Å². The van der Waals surface area contributed by atoms with Gasteiger partial charge in [0, 0.05) is 19.1 Å². The maximum Gasteiger partial charge on any atom is 0.191 e. The summed E-state index contributed by atoms with van der Waals surface area (Å²) >= 11 is 0. The molecule has 88 valence electrons. The van der Waals surface area contributed by atoms with Crippen molar-refractivity contribution in [2.75, 3.05) is 24.6 Å². The highest BCUT2D eigenvalue weighted by atomic mass is 32.2. The molecule has 0 bridgehead atoms. The summed E-state index contributed by atoms with van der Waals surface area (Å²) in [4.78, 5) is 4.22. The summed E-state index contributed by atoms with van der Waals surface area (Å²) in [6.45, 7) is 5.41. The Morgan fingerprint density at radius 1 is 1.47 bits per heavy atom. The second kappa shape index (κ2) is 5.34. The van der Waals surface area contributed by atoms with Crippen LogP contribution in [0.1, 0.15) is 20.3 Å². The molecule has 1 aliphatic rings. The SMILES string of the molecule is CCN=C(NCC)NC1CCS(=O)(=O)C1. The molecule has 0 aliphatic carbocycles. The minimum absolute atomic E-state index is 0.0133. The lowest BCUT2D eigenvalue weighted by molar-refractivity contribution is 0.599. The molecule has 1 rings (SSSR count). The Labute approximate surface area is 91.3 Å². The van der Waals surface area contributed by atoms with Crippen LogP contribution in [0.25, 0.3) is 0 Å². The topological polar surface area (TPSA) is 70.6 Å². The lowest BCUT2D eigenvalue weighted by atomic mass is 10.3. The lowest BCUT2D eigenvalue weighted by Crippen LogP contribution is -2.44. The van der Waals surface area contributed by atoms with Crippen molar-refractivity contribution in [1.29, 1.82) is 0 Å². The van der Waals surface area contributed by atoms with E-state index in [1.165, 1.54) is 0 Å². The molecule has 1 fully saturated rings. The van der Waals surface area contributed by atoms with E-state index in [-0.39, 0.29) is 17.5 Å². The Balaban J connectivity index is 2.50. The molecular formula is C9H19N3O2S. The lowest BCUT2D eigenvalue weighted by Gasteiger charge is -2.15. The van der Waals surface area contributed by atoms with Crippen LogP contribution in [0.2, 0.25) is 0 Å². The first-order valence-electron chi connectivity index (χ1n) is 5.32. The molecule has 0 aromatic heterocycles. The zero-order chi connectivity index (χ0) is 11.3. The number of hydrogen-bond donors (Lipinski definition) is 2. The molecule has 15 heavy (non-hydrogen) atoms. The third-order valence-electron chi connectivity index (χ3n) is 2.23. The third kappa shape index (κ3) is 4.07. The van der Waals surface area contributed by atoms with Gasteiger partial charge in [0.05, 0.1) is 11.5 Å². The Morgan fingerprint density at radius 3 is 2.67 bits per heavy atom. The standard InChI is InChI=1S/C9H19N3O2S/c1-3-10-9(11-4-2)12-8-5-6-15(13,14)7-8/h8H,3-7H2,1-2H3,(H2,10,11,12). The predicted molar refractivity (Wildman–Crippen MR) is 61.8 cm³/mol. The maximum absolute atomic E-state index is 11.2. The van der Waals surface area contributed by atoms with E-state index in [0.29, 0.717) is 18.9 Å². The molecule has 0 spiro atoms. The smallest absolute Gasteiger partial charge is 0.191 e. The highest BCUT2D eigenvalue weighted by Crippen LogP contribution is 2.10. The second-order valence-corrected chi connectivity index (χ2v) is 5.83. The molecule has 6 heteroatoms. The van der Waals surface area contributed by atoms with E-state index in [1.807, 2.05) is 13.8 Å². The largest absolute Gasteiger partial charge is 0.357 e. The number of nitrogens with zero attached hydrogens (tertiary/aromatic N) is 1. The van der Waals surface area contributed by atoms with E-state index < -0.39 is 9.84 Å². The summed E-state index contributed by atoms with van der Waals surface area (Å²) in [5, 5.41) is 6.21. The zero-order valence-corrected chi connectivity index (χ0v) is 10.1. The highest BCUT2D eigenvalue weighted by Gasteiger charge is 2.28. The van der Waals surface area contributed by atoms with Gasteiger partial charge in [-0.15, -0.1) is 0 Å². The van der Waals surface area contributed by atoms with Gasteiger partial charge >= 0.3 is 0 Å². The summed E-state index contributed by atoms with van der Waals surface area (Å²) < 4.78 is 22.5. The first-order chi connectivity index (χ1) is 7.07. The Kier molecular flexibility index (Phi) is 4.38. The van der Waals surface area contributed by atoms with Crippen LogP contribution in [0.15, 0.2) is 4.99 Å². The van der Waals surface area contributed by atoms with Crippen LogP contribution in [0.4, 0.5) is 0 Å². The number of aliphatic imine (C=N–C) groups is 1. The minimum atomic E-state index is -2.82. The predicted octanol–water partition coefficient (Wildman–Crippen LogP) is -0.251. The fraction of sp³-hybridized carbons (Fsp3) is 0.889. The van der Waals surface area contributed by atoms with Crippen LogP contribution in [-0.2, 0) is 9.84 Å². The van der Waals surface area contributed by atoms with Crippen molar-refractivity contribution < 1.29 is 8.42 Å². The molecule has 5 nitrogen and oxygen atoms in total. The maximum atomic E-state index is 11.2. The van der Waals surface area contributed by atoms with Crippen LogP contribution < -0.4 is 10.6 Å². The first kappa shape index (κ1) is 12.3. The van der Waals surface area contributed by atoms with Crippen LogP contribution in [0.5, 0.6) is 0 Å². The minimum Gasteiger partial charge on any atom is -0.357 e. The van der Waals surface area contributed by atoms with Crippen molar-refractivity contribution in [2.45, 2.75) is 26.3 Å². The van der Waals surface area contributed by atoms with Crippen LogP contribution in [0, 0.1) is 0 Å². The van der Waals surface area contributed by atoms with Crippen molar-refractivity contribution in [3.8, 4) is 0 Å². The molecule has 1 saturated heterocycles. The molecule has 0 aromatic carbocycles. The van der Waals surface area contributed by atoms with Crippen LogP contribution >= 0.6 is 0 Å². The Morgan fingerprint density at radius 2 is 2.20 bits per heavy atom. The van der Waals surface area contributed by atoms with Crippen molar-refractivity contribution in [3.05, 3.63) is 0 Å². The molecule has 0 aromatic rings. The van der Waals surface area contributed by atoms with Crippen LogP contribution in [-0.4, -0.2) is 45.0 Å². The average molecular weight is 233 g/mol. The summed E-state index contributed by atoms with van der Waals surface area (Å²) in [6, 6.07) is 0.0133. The summed E-state index contributed by atoms with van der Waals surface area (Å²) in [5.74, 6) is 1.22. The molecule has 0 saturated carbocycles. The molecule has 0 amide bonds. The Hall–Kier alpha value is -0.780. The van der Waals surface area contributed by atoms with E-state index in [0.717, 1.165) is 6.54 Å². The van der Waals surface area contributed by atoms with E-state index in [2.05, 4.69) is 15.6 Å². The number of rotatable bonds is 3. The molecule has 2 N–H and O–H groups in total. The summed E-state index contributed by atoms with van der Waals surface area (Å²) in [5.41, 5.74) is 0. The van der Waals surface area contributed by atoms with Gasteiger partial charge in [0.2, 0.25) is 0 Å². The summed E-state index contributed by atoms with van der Waals surface area (Å²) in [7, 11) is -2.82. The van der Waals surface area contributed by atoms with E-state index in [1.54, 1.807) is 0 Å². The average Bonchev–Trinajstić information content (AvgIpc) is 2.46. The normalized spacial score (nSPS) is 25.2. The number of nitrogens with one attached hydrogen (secondary N) is 2. The van der Waals surface area contributed by atoms with Crippen molar-refractivity contribution >= 4 is 15.8 Å². The number of sulfone groups is 1. The summed E-state index contributed by atoms with van der Waals surface area (Å²) in [6.07, 6.45) is 0.677. The quantitative estimate of drug-likeness (QED) is 0.521. The van der Waals surface area contributed by atoms with Gasteiger partial charge in [0.15, 0.2) is 15.8 Å².